The van der Waals surface area contributed by atoms with Gasteiger partial charge in [-0.3, -0.25) is 0 Å². The number of hydrogen-bond donors (Lipinski definition) is 0. The van der Waals surface area contributed by atoms with Gasteiger partial charge in [0, 0.05) is 0 Å². The molecule has 0 fully saturated rings. The molecule has 0 spiro atoms. The highest BCUT2D eigenvalue weighted by atomic mass is 14.1. The van der Waals surface area contributed by atoms with E-state index < -0.39 is 0 Å². The molecule has 0 radical (unpaired) electrons. The van der Waals surface area contributed by atoms with Gasteiger partial charge in [-0.2, -0.15) is 0 Å². The van der Waals surface area contributed by atoms with Gasteiger partial charge in [-0.05, 0) is 102 Å². The van der Waals surface area contributed by atoms with E-state index in [1.165, 1.54) is 76.5 Å². The van der Waals surface area contributed by atoms with E-state index in [1.54, 1.807) is 0 Å². The largest absolute Gasteiger partial charge is 0.0616 e. The summed E-state index contributed by atoms with van der Waals surface area (Å²) in [6, 6.07) is 48.4. The molecule has 0 heteroatoms. The topological polar surface area (TPSA) is 0 Å². The highest BCUT2D eigenvalue weighted by molar-refractivity contribution is 6.10. The van der Waals surface area contributed by atoms with Crippen LogP contribution in [-0.4, -0.2) is 0 Å². The summed E-state index contributed by atoms with van der Waals surface area (Å²) in [4.78, 5) is 0. The van der Waals surface area contributed by atoms with E-state index in [9.17, 15) is 0 Å². The maximum Gasteiger partial charge on any atom is -0.00965 e. The molecule has 0 nitrogen and oxygen atoms in total. The Morgan fingerprint density at radius 2 is 0.650 bits per heavy atom. The average Bonchev–Trinajstić information content (AvgIpc) is 3.00. The van der Waals surface area contributed by atoms with E-state index in [0.717, 1.165) is 0 Å². The second-order valence-electron chi connectivity index (χ2n) is 10.7. The van der Waals surface area contributed by atoms with Gasteiger partial charge < -0.3 is 0 Å². The van der Waals surface area contributed by atoms with Crippen LogP contribution in [0.25, 0.3) is 66.4 Å². The summed E-state index contributed by atoms with van der Waals surface area (Å²) < 4.78 is 0. The molecular weight excluding hydrogens is 480 g/mol. The molecule has 0 amide bonds. The minimum absolute atomic E-state index is 1.24. The van der Waals surface area contributed by atoms with Crippen molar-refractivity contribution in [1.29, 1.82) is 0 Å². The summed E-state index contributed by atoms with van der Waals surface area (Å²) in [6.45, 7) is 4.44. The maximum atomic E-state index is 2.35. The van der Waals surface area contributed by atoms with Crippen molar-refractivity contribution in [2.24, 2.45) is 0 Å². The van der Waals surface area contributed by atoms with E-state index >= 15 is 0 Å². The van der Waals surface area contributed by atoms with Crippen LogP contribution in [0.5, 0.6) is 0 Å². The van der Waals surface area contributed by atoms with Crippen LogP contribution in [-0.2, 0) is 0 Å². The van der Waals surface area contributed by atoms with Crippen molar-refractivity contribution in [2.75, 3.05) is 0 Å². The van der Waals surface area contributed by atoms with Crippen molar-refractivity contribution in [1.82, 2.24) is 0 Å². The molecule has 7 rings (SSSR count). The van der Waals surface area contributed by atoms with Crippen LogP contribution in [0.15, 0.2) is 133 Å². The Morgan fingerprint density at radius 3 is 0.950 bits per heavy atom. The maximum absolute atomic E-state index is 2.35. The summed E-state index contributed by atoms with van der Waals surface area (Å²) >= 11 is 0. The lowest BCUT2D eigenvalue weighted by Crippen LogP contribution is -1.88. The molecule has 0 aliphatic heterocycles. The summed E-state index contributed by atoms with van der Waals surface area (Å²) in [7, 11) is 0. The zero-order chi connectivity index (χ0) is 27.1. The molecule has 0 aliphatic rings. The van der Waals surface area contributed by atoms with Crippen molar-refractivity contribution in [3.8, 4) is 0 Å². The van der Waals surface area contributed by atoms with Gasteiger partial charge >= 0.3 is 0 Å². The fourth-order valence-corrected chi connectivity index (χ4v) is 6.00. The van der Waals surface area contributed by atoms with Crippen LogP contribution < -0.4 is 0 Å². The standard InChI is InChI=1S/C40H30/c1-27(23-39-35-15-7-3-11-31(35)25-32-12-4-8-16-36(32)39)29-19-21-30(22-20-29)28(2)24-40-37-17-9-5-13-33(37)26-34-14-6-10-18-38(34)40/h3-26H,1-2H3/b27-23+,28-24+. The minimum atomic E-state index is 1.24. The van der Waals surface area contributed by atoms with E-state index in [4.69, 9.17) is 0 Å². The zero-order valence-electron chi connectivity index (χ0n) is 22.9. The first-order chi connectivity index (χ1) is 19.7. The van der Waals surface area contributed by atoms with Crippen molar-refractivity contribution in [2.45, 2.75) is 13.8 Å². The second-order valence-corrected chi connectivity index (χ2v) is 10.7. The van der Waals surface area contributed by atoms with Crippen molar-refractivity contribution in [3.63, 3.8) is 0 Å². The first-order valence-electron chi connectivity index (χ1n) is 13.9. The number of fused-ring (bicyclic) bond motifs is 4. The third-order valence-electron chi connectivity index (χ3n) is 8.14. The third kappa shape index (κ3) is 4.28. The minimum Gasteiger partial charge on any atom is -0.0616 e. The Bertz CT molecular complexity index is 1840. The number of allylic oxidation sites excluding steroid dienone is 2. The molecule has 190 valence electrons. The molecule has 7 aromatic carbocycles. The SMILES string of the molecule is C/C(=C\c1c2ccccc2cc2ccccc12)c1ccc(/C(C)=C/c2c3ccccc3cc3ccccc23)cc1. The monoisotopic (exact) mass is 510 g/mol. The molecule has 0 saturated heterocycles. The van der Waals surface area contributed by atoms with Crippen LogP contribution in [0.1, 0.15) is 36.1 Å². The van der Waals surface area contributed by atoms with Crippen LogP contribution in [0.2, 0.25) is 0 Å². The Morgan fingerprint density at radius 1 is 0.375 bits per heavy atom. The molecule has 0 atom stereocenters. The van der Waals surface area contributed by atoms with Gasteiger partial charge in [0.15, 0.2) is 0 Å². The van der Waals surface area contributed by atoms with Gasteiger partial charge in [-0.25, -0.2) is 0 Å². The quantitative estimate of drug-likeness (QED) is 0.163. The predicted molar refractivity (Wildman–Crippen MR) is 176 cm³/mol. The Hall–Kier alpha value is -4.94. The average molecular weight is 511 g/mol. The lowest BCUT2D eigenvalue weighted by molar-refractivity contribution is 1.53. The van der Waals surface area contributed by atoms with Crippen molar-refractivity contribution >= 4 is 66.4 Å². The van der Waals surface area contributed by atoms with Crippen LogP contribution in [0.4, 0.5) is 0 Å². The predicted octanol–water partition coefficient (Wildman–Crippen LogP) is 11.4. The number of benzene rings is 7. The molecule has 0 aromatic heterocycles. The first-order valence-corrected chi connectivity index (χ1v) is 13.9. The Kier molecular flexibility index (Phi) is 6.02. The molecule has 7 aromatic rings. The molecular formula is C40H30. The summed E-state index contributed by atoms with van der Waals surface area (Å²) in [6.07, 6.45) is 4.70. The van der Waals surface area contributed by atoms with Gasteiger partial charge in [0.2, 0.25) is 0 Å². The van der Waals surface area contributed by atoms with Crippen LogP contribution in [0, 0.1) is 0 Å². The van der Waals surface area contributed by atoms with E-state index in [1.807, 2.05) is 0 Å². The molecule has 40 heavy (non-hydrogen) atoms. The summed E-state index contributed by atoms with van der Waals surface area (Å²) in [5.74, 6) is 0. The molecule has 0 bridgehead atoms. The molecule has 0 saturated carbocycles. The lowest BCUT2D eigenvalue weighted by Gasteiger charge is -2.12. The molecule has 0 aliphatic carbocycles. The Balaban J connectivity index is 1.28. The molecule has 0 unspecified atom stereocenters. The van der Waals surface area contributed by atoms with Gasteiger partial charge in [0.1, 0.15) is 0 Å². The van der Waals surface area contributed by atoms with Gasteiger partial charge in [0.05, 0.1) is 0 Å². The third-order valence-corrected chi connectivity index (χ3v) is 8.14. The summed E-state index contributed by atoms with van der Waals surface area (Å²) in [5, 5.41) is 10.3. The van der Waals surface area contributed by atoms with Crippen LogP contribution in [0.3, 0.4) is 0 Å². The summed E-state index contributed by atoms with van der Waals surface area (Å²) in [5.41, 5.74) is 7.57. The molecule has 0 N–H and O–H groups in total. The lowest BCUT2D eigenvalue weighted by atomic mass is 9.93. The van der Waals surface area contributed by atoms with E-state index in [2.05, 4.69) is 159 Å². The highest BCUT2D eigenvalue weighted by Gasteiger charge is 2.09. The smallest absolute Gasteiger partial charge is 0.00965 e. The van der Waals surface area contributed by atoms with Crippen LogP contribution >= 0.6 is 0 Å². The van der Waals surface area contributed by atoms with Gasteiger partial charge in [-0.1, -0.05) is 133 Å². The number of hydrogen-bond acceptors (Lipinski definition) is 0. The Labute approximate surface area is 235 Å². The normalized spacial score (nSPS) is 12.6. The van der Waals surface area contributed by atoms with Crippen molar-refractivity contribution in [3.05, 3.63) is 156 Å². The van der Waals surface area contributed by atoms with E-state index in [-0.39, 0.29) is 0 Å². The highest BCUT2D eigenvalue weighted by Crippen LogP contribution is 2.34. The molecule has 0 heterocycles. The number of rotatable bonds is 4. The second kappa shape index (κ2) is 9.98. The fourth-order valence-electron chi connectivity index (χ4n) is 6.00. The van der Waals surface area contributed by atoms with Crippen molar-refractivity contribution < 1.29 is 0 Å². The fraction of sp³-hybridized carbons (Fsp3) is 0.0500. The zero-order valence-corrected chi connectivity index (χ0v) is 22.9. The van der Waals surface area contributed by atoms with Gasteiger partial charge in [-0.15, -0.1) is 0 Å². The van der Waals surface area contributed by atoms with E-state index in [0.29, 0.717) is 0 Å². The van der Waals surface area contributed by atoms with Gasteiger partial charge in [0.25, 0.3) is 0 Å². The first kappa shape index (κ1) is 24.1.